The number of anilines is 3. The van der Waals surface area contributed by atoms with Gasteiger partial charge in [0.1, 0.15) is 0 Å². The largest absolute Gasteiger partial charge is 0.310 e. The van der Waals surface area contributed by atoms with Crippen LogP contribution in [0.2, 0.25) is 0 Å². The van der Waals surface area contributed by atoms with E-state index < -0.39 is 5.41 Å². The second-order valence-electron chi connectivity index (χ2n) is 19.2. The average molecular weight is 886 g/mol. The maximum atomic E-state index is 2.56. The molecule has 4 heteroatoms. The fourth-order valence-electron chi connectivity index (χ4n) is 12.7. The van der Waals surface area contributed by atoms with Crippen LogP contribution in [0.3, 0.4) is 0 Å². The molecular formula is C64H43N3S. The SMILES string of the molecule is CC1(C)c2ccccc2-c2ccc(N(c3ccccc3)c3ccc(-n4c5ccccc5c5cc6c(cc54)Sc4ccccc4C64c5ccccc5-n5c6ccccc6c6cccc4c65)cc3)cc21. The van der Waals surface area contributed by atoms with Gasteiger partial charge in [-0.05, 0) is 129 Å². The molecule has 0 radical (unpaired) electrons. The van der Waals surface area contributed by atoms with Crippen LogP contribution in [0.5, 0.6) is 0 Å². The number of rotatable bonds is 4. The van der Waals surface area contributed by atoms with Crippen molar-refractivity contribution in [2.75, 3.05) is 4.90 Å². The van der Waals surface area contributed by atoms with E-state index in [0.717, 1.165) is 22.7 Å². The molecule has 3 nitrogen and oxygen atoms in total. The van der Waals surface area contributed by atoms with Crippen molar-refractivity contribution < 1.29 is 0 Å². The van der Waals surface area contributed by atoms with Crippen molar-refractivity contribution in [2.24, 2.45) is 0 Å². The van der Waals surface area contributed by atoms with E-state index in [0.29, 0.717) is 0 Å². The molecule has 12 aromatic rings. The Morgan fingerprint density at radius 2 is 0.971 bits per heavy atom. The Morgan fingerprint density at radius 1 is 0.368 bits per heavy atom. The second kappa shape index (κ2) is 13.8. The van der Waals surface area contributed by atoms with E-state index in [2.05, 4.69) is 252 Å². The van der Waals surface area contributed by atoms with Crippen molar-refractivity contribution in [3.8, 4) is 22.5 Å². The van der Waals surface area contributed by atoms with E-state index in [1.54, 1.807) is 0 Å². The Morgan fingerprint density at radius 3 is 1.79 bits per heavy atom. The van der Waals surface area contributed by atoms with Gasteiger partial charge in [-0.25, -0.2) is 0 Å². The van der Waals surface area contributed by atoms with Crippen LogP contribution in [-0.4, -0.2) is 9.13 Å². The third-order valence-electron chi connectivity index (χ3n) is 15.5. The number of para-hydroxylation sites is 5. The van der Waals surface area contributed by atoms with Crippen molar-refractivity contribution in [3.05, 3.63) is 258 Å². The fraction of sp³-hybridized carbons (Fsp3) is 0.0625. The number of aromatic nitrogens is 2. The first-order valence-corrected chi connectivity index (χ1v) is 24.5. The van der Waals surface area contributed by atoms with Gasteiger partial charge in [-0.2, -0.15) is 0 Å². The summed E-state index contributed by atoms with van der Waals surface area (Å²) in [6.07, 6.45) is 0. The molecule has 0 fully saturated rings. The van der Waals surface area contributed by atoms with Crippen molar-refractivity contribution in [1.29, 1.82) is 0 Å². The molecule has 0 saturated heterocycles. The summed E-state index contributed by atoms with van der Waals surface area (Å²) in [5.41, 5.74) is 20.8. The van der Waals surface area contributed by atoms with Gasteiger partial charge in [-0.3, -0.25) is 0 Å². The summed E-state index contributed by atoms with van der Waals surface area (Å²) in [6.45, 7) is 4.72. The van der Waals surface area contributed by atoms with Gasteiger partial charge in [0.2, 0.25) is 0 Å². The molecule has 4 heterocycles. The van der Waals surface area contributed by atoms with E-state index in [1.807, 2.05) is 11.8 Å². The van der Waals surface area contributed by atoms with Crippen LogP contribution in [0.4, 0.5) is 17.1 Å². The van der Waals surface area contributed by atoms with E-state index >= 15 is 0 Å². The maximum absolute atomic E-state index is 2.56. The van der Waals surface area contributed by atoms with E-state index in [9.17, 15) is 0 Å². The highest BCUT2D eigenvalue weighted by molar-refractivity contribution is 7.99. The third-order valence-corrected chi connectivity index (χ3v) is 16.7. The van der Waals surface area contributed by atoms with Crippen LogP contribution in [-0.2, 0) is 10.8 Å². The molecule has 1 aliphatic carbocycles. The Bertz CT molecular complexity index is 4100. The topological polar surface area (TPSA) is 13.1 Å². The van der Waals surface area contributed by atoms with E-state index in [1.165, 1.54) is 104 Å². The van der Waals surface area contributed by atoms with Gasteiger partial charge in [0, 0.05) is 59.5 Å². The van der Waals surface area contributed by atoms with Crippen molar-refractivity contribution in [3.63, 3.8) is 0 Å². The number of fused-ring (bicyclic) bond motifs is 17. The minimum Gasteiger partial charge on any atom is -0.310 e. The first-order valence-electron chi connectivity index (χ1n) is 23.7. The minimum absolute atomic E-state index is 0.0996. The second-order valence-corrected chi connectivity index (χ2v) is 20.3. The zero-order valence-corrected chi connectivity index (χ0v) is 38.4. The Kier molecular flexibility index (Phi) is 7.71. The molecule has 1 spiro atoms. The highest BCUT2D eigenvalue weighted by Crippen LogP contribution is 2.61. The summed E-state index contributed by atoms with van der Waals surface area (Å²) in [6, 6.07) is 84.2. The molecule has 1 unspecified atom stereocenters. The third kappa shape index (κ3) is 4.89. The number of nitrogens with zero attached hydrogens (tertiary/aromatic N) is 3. The average Bonchev–Trinajstić information content (AvgIpc) is 3.98. The highest BCUT2D eigenvalue weighted by Gasteiger charge is 2.49. The molecule has 68 heavy (non-hydrogen) atoms. The lowest BCUT2D eigenvalue weighted by Gasteiger charge is -2.45. The summed E-state index contributed by atoms with van der Waals surface area (Å²) in [7, 11) is 0. The van der Waals surface area contributed by atoms with Crippen molar-refractivity contribution >= 4 is 72.4 Å². The van der Waals surface area contributed by atoms with Crippen molar-refractivity contribution in [1.82, 2.24) is 9.13 Å². The monoisotopic (exact) mass is 885 g/mol. The van der Waals surface area contributed by atoms with E-state index in [4.69, 9.17) is 0 Å². The minimum atomic E-state index is -0.548. The number of hydrogen-bond acceptors (Lipinski definition) is 2. The lowest BCUT2D eigenvalue weighted by atomic mass is 9.62. The molecule has 0 N–H and O–H groups in total. The van der Waals surface area contributed by atoms with Gasteiger partial charge >= 0.3 is 0 Å². The molecule has 0 amide bonds. The first-order chi connectivity index (χ1) is 33.5. The summed E-state index contributed by atoms with van der Waals surface area (Å²) < 4.78 is 5.01. The Balaban J connectivity index is 0.936. The van der Waals surface area contributed by atoms with Crippen LogP contribution in [0, 0.1) is 0 Å². The number of hydrogen-bond donors (Lipinski definition) is 0. The number of benzene rings is 10. The fourth-order valence-corrected chi connectivity index (χ4v) is 13.9. The van der Waals surface area contributed by atoms with Gasteiger partial charge in [0.15, 0.2) is 0 Å². The summed E-state index contributed by atoms with van der Waals surface area (Å²) in [4.78, 5) is 4.98. The Labute approximate surface area is 399 Å². The molecule has 1 atom stereocenters. The van der Waals surface area contributed by atoms with Crippen LogP contribution < -0.4 is 4.90 Å². The van der Waals surface area contributed by atoms with Gasteiger partial charge < -0.3 is 14.0 Å². The zero-order valence-electron chi connectivity index (χ0n) is 37.6. The van der Waals surface area contributed by atoms with E-state index in [-0.39, 0.29) is 5.41 Å². The summed E-state index contributed by atoms with van der Waals surface area (Å²) >= 11 is 1.91. The predicted octanol–water partition coefficient (Wildman–Crippen LogP) is 16.8. The van der Waals surface area contributed by atoms with Crippen LogP contribution >= 0.6 is 11.8 Å². The quantitative estimate of drug-likeness (QED) is 0.175. The molecule has 2 aromatic heterocycles. The van der Waals surface area contributed by atoms with Gasteiger partial charge in [0.05, 0.1) is 33.2 Å². The molecule has 0 saturated carbocycles. The molecule has 10 aromatic carbocycles. The standard InChI is InChI=1S/C64H43N3S/c1-63(2)50-23-9-6-19-44(50)45-36-35-43(37-54(45)63)65(40-17-4-3-5-18-40)41-31-33-42(34-32-41)66-56-27-12-8-21-47(56)49-38-55-61(39-59(49)66)68-60-30-15-11-25-52(60)64(55)51-24-10-14-29-58(51)67-57-28-13-7-20-46(57)48-22-16-26-53(64)62(48)67/h3-39H,1-2H3. The lowest BCUT2D eigenvalue weighted by Crippen LogP contribution is -2.37. The molecule has 320 valence electrons. The van der Waals surface area contributed by atoms with Gasteiger partial charge in [-0.15, -0.1) is 0 Å². The van der Waals surface area contributed by atoms with Crippen molar-refractivity contribution in [2.45, 2.75) is 34.5 Å². The molecule has 0 bridgehead atoms. The zero-order chi connectivity index (χ0) is 44.9. The summed E-state index contributed by atoms with van der Waals surface area (Å²) in [5.74, 6) is 0. The predicted molar refractivity (Wildman–Crippen MR) is 283 cm³/mol. The Hall–Kier alpha value is -8.05. The molecule has 15 rings (SSSR count). The molecule has 3 aliphatic rings. The van der Waals surface area contributed by atoms with Crippen LogP contribution in [0.25, 0.3) is 66.1 Å². The first kappa shape index (κ1) is 38.1. The lowest BCUT2D eigenvalue weighted by molar-refractivity contribution is 0.660. The maximum Gasteiger partial charge on any atom is 0.0764 e. The van der Waals surface area contributed by atoms with Crippen LogP contribution in [0.1, 0.15) is 47.2 Å². The summed E-state index contributed by atoms with van der Waals surface area (Å²) in [5, 5.41) is 5.08. The highest BCUT2D eigenvalue weighted by atomic mass is 32.2. The smallest absolute Gasteiger partial charge is 0.0764 e. The van der Waals surface area contributed by atoms with Gasteiger partial charge in [0.25, 0.3) is 0 Å². The molecular weight excluding hydrogens is 843 g/mol. The normalized spacial score (nSPS) is 15.9. The molecule has 2 aliphatic heterocycles. The van der Waals surface area contributed by atoms with Gasteiger partial charge in [-0.1, -0.05) is 165 Å². The van der Waals surface area contributed by atoms with Crippen LogP contribution in [0.15, 0.2) is 234 Å².